The molecule has 5 nitrogen and oxygen atoms in total. The molecule has 0 aliphatic carbocycles. The molecule has 2 aromatic heterocycles. The second kappa shape index (κ2) is 4.46. The molecule has 5 heteroatoms. The Balaban J connectivity index is 1.94. The maximum Gasteiger partial charge on any atom is 0.293 e. The average Bonchev–Trinajstić information content (AvgIpc) is 3.08. The van der Waals surface area contributed by atoms with E-state index in [4.69, 9.17) is 14.7 Å². The van der Waals surface area contributed by atoms with Gasteiger partial charge in [0.1, 0.15) is 5.76 Å². The van der Waals surface area contributed by atoms with Gasteiger partial charge in [-0.25, -0.2) is 0 Å². The molecule has 0 radical (unpaired) electrons. The van der Waals surface area contributed by atoms with Crippen molar-refractivity contribution in [3.8, 4) is 23.0 Å². The summed E-state index contributed by atoms with van der Waals surface area (Å²) in [5.41, 5.74) is 6.38. The molecule has 0 aliphatic heterocycles. The third kappa shape index (κ3) is 1.91. The average molecular weight is 241 g/mol. The van der Waals surface area contributed by atoms with E-state index in [1.165, 1.54) is 0 Å². The van der Waals surface area contributed by atoms with Gasteiger partial charge in [-0.05, 0) is 12.1 Å². The van der Waals surface area contributed by atoms with Crippen LogP contribution in [0.25, 0.3) is 23.0 Å². The van der Waals surface area contributed by atoms with Crippen LogP contribution in [0.1, 0.15) is 5.76 Å². The number of aromatic nitrogens is 2. The molecule has 3 rings (SSSR count). The first-order valence-corrected chi connectivity index (χ1v) is 5.55. The van der Waals surface area contributed by atoms with Gasteiger partial charge in [-0.3, -0.25) is 0 Å². The van der Waals surface area contributed by atoms with Crippen LogP contribution in [0.4, 0.5) is 0 Å². The van der Waals surface area contributed by atoms with Crippen LogP contribution in [0.15, 0.2) is 51.4 Å². The first kappa shape index (κ1) is 10.7. The Hall–Kier alpha value is -2.40. The highest BCUT2D eigenvalue weighted by atomic mass is 16.5. The van der Waals surface area contributed by atoms with Crippen LogP contribution in [0.3, 0.4) is 0 Å². The lowest BCUT2D eigenvalue weighted by atomic mass is 10.2. The zero-order chi connectivity index (χ0) is 12.4. The standard InChI is InChI=1S/C13H11N3O2/c14-8-10-6-7-11(17-10)13-15-12(16-18-13)9-4-2-1-3-5-9/h1-7H,8,14H2. The van der Waals surface area contributed by atoms with Crippen molar-refractivity contribution in [3.05, 3.63) is 48.2 Å². The predicted molar refractivity (Wildman–Crippen MR) is 65.3 cm³/mol. The minimum Gasteiger partial charge on any atom is -0.455 e. The Kier molecular flexibility index (Phi) is 2.66. The Bertz CT molecular complexity index is 643. The normalized spacial score (nSPS) is 10.7. The predicted octanol–water partition coefficient (Wildman–Crippen LogP) is 2.46. The molecule has 0 spiro atoms. The summed E-state index contributed by atoms with van der Waals surface area (Å²) >= 11 is 0. The minimum atomic E-state index is 0.347. The van der Waals surface area contributed by atoms with Crippen LogP contribution in [-0.4, -0.2) is 10.1 Å². The Morgan fingerprint density at radius 3 is 2.61 bits per heavy atom. The van der Waals surface area contributed by atoms with Crippen molar-refractivity contribution in [1.82, 2.24) is 10.1 Å². The maximum absolute atomic E-state index is 5.48. The Morgan fingerprint density at radius 2 is 1.89 bits per heavy atom. The second-order valence-electron chi connectivity index (χ2n) is 3.76. The van der Waals surface area contributed by atoms with Gasteiger partial charge in [0.25, 0.3) is 5.89 Å². The van der Waals surface area contributed by atoms with Gasteiger partial charge in [0, 0.05) is 5.56 Å². The summed E-state index contributed by atoms with van der Waals surface area (Å²) in [6.45, 7) is 0.347. The third-order valence-electron chi connectivity index (χ3n) is 2.53. The molecule has 0 saturated carbocycles. The molecule has 0 atom stereocenters. The molecule has 0 bridgehead atoms. The molecule has 18 heavy (non-hydrogen) atoms. The van der Waals surface area contributed by atoms with E-state index < -0.39 is 0 Å². The molecule has 0 unspecified atom stereocenters. The van der Waals surface area contributed by atoms with Crippen molar-refractivity contribution in [2.75, 3.05) is 0 Å². The monoisotopic (exact) mass is 241 g/mol. The van der Waals surface area contributed by atoms with E-state index in [1.54, 1.807) is 12.1 Å². The van der Waals surface area contributed by atoms with E-state index in [0.29, 0.717) is 29.8 Å². The molecular formula is C13H11N3O2. The first-order chi connectivity index (χ1) is 8.86. The molecule has 1 aromatic carbocycles. The Labute approximate surface area is 103 Å². The molecule has 90 valence electrons. The van der Waals surface area contributed by atoms with Crippen LogP contribution in [-0.2, 0) is 6.54 Å². The van der Waals surface area contributed by atoms with Crippen LogP contribution in [0.2, 0.25) is 0 Å². The quantitative estimate of drug-likeness (QED) is 0.762. The van der Waals surface area contributed by atoms with Gasteiger partial charge in [-0.15, -0.1) is 0 Å². The number of hydrogen-bond donors (Lipinski definition) is 1. The number of hydrogen-bond acceptors (Lipinski definition) is 5. The van der Waals surface area contributed by atoms with Gasteiger partial charge in [-0.1, -0.05) is 35.5 Å². The summed E-state index contributed by atoms with van der Waals surface area (Å²) in [5.74, 6) is 2.11. The van der Waals surface area contributed by atoms with Crippen molar-refractivity contribution in [1.29, 1.82) is 0 Å². The van der Waals surface area contributed by atoms with Crippen LogP contribution >= 0.6 is 0 Å². The number of rotatable bonds is 3. The maximum atomic E-state index is 5.48. The fourth-order valence-corrected chi connectivity index (χ4v) is 1.63. The molecule has 0 saturated heterocycles. The van der Waals surface area contributed by atoms with E-state index in [0.717, 1.165) is 5.56 Å². The van der Waals surface area contributed by atoms with Gasteiger partial charge < -0.3 is 14.7 Å². The minimum absolute atomic E-state index is 0.347. The molecule has 2 N–H and O–H groups in total. The van der Waals surface area contributed by atoms with Crippen LogP contribution < -0.4 is 5.73 Å². The fraction of sp³-hybridized carbons (Fsp3) is 0.0769. The van der Waals surface area contributed by atoms with Crippen molar-refractivity contribution in [2.45, 2.75) is 6.54 Å². The van der Waals surface area contributed by atoms with E-state index in [9.17, 15) is 0 Å². The summed E-state index contributed by atoms with van der Waals surface area (Å²) in [6.07, 6.45) is 0. The van der Waals surface area contributed by atoms with E-state index in [1.807, 2.05) is 30.3 Å². The Morgan fingerprint density at radius 1 is 1.06 bits per heavy atom. The topological polar surface area (TPSA) is 78.1 Å². The van der Waals surface area contributed by atoms with Crippen LogP contribution in [0.5, 0.6) is 0 Å². The van der Waals surface area contributed by atoms with Crippen molar-refractivity contribution < 1.29 is 8.94 Å². The molecule has 0 fully saturated rings. The lowest BCUT2D eigenvalue weighted by molar-refractivity contribution is 0.412. The SMILES string of the molecule is NCc1ccc(-c2nc(-c3ccccc3)no2)o1. The van der Waals surface area contributed by atoms with Crippen molar-refractivity contribution in [2.24, 2.45) is 5.73 Å². The lowest BCUT2D eigenvalue weighted by Crippen LogP contribution is -1.92. The fourth-order valence-electron chi connectivity index (χ4n) is 1.63. The number of benzene rings is 1. The van der Waals surface area contributed by atoms with E-state index in [2.05, 4.69) is 10.1 Å². The van der Waals surface area contributed by atoms with E-state index in [-0.39, 0.29) is 0 Å². The van der Waals surface area contributed by atoms with E-state index >= 15 is 0 Å². The molecular weight excluding hydrogens is 230 g/mol. The molecule has 0 aliphatic rings. The summed E-state index contributed by atoms with van der Waals surface area (Å²) in [5, 5.41) is 3.92. The summed E-state index contributed by atoms with van der Waals surface area (Å²) in [7, 11) is 0. The summed E-state index contributed by atoms with van der Waals surface area (Å²) in [4.78, 5) is 4.29. The van der Waals surface area contributed by atoms with Gasteiger partial charge >= 0.3 is 0 Å². The van der Waals surface area contributed by atoms with Gasteiger partial charge in [0.05, 0.1) is 6.54 Å². The molecule has 0 amide bonds. The largest absolute Gasteiger partial charge is 0.455 e. The third-order valence-corrected chi connectivity index (χ3v) is 2.53. The van der Waals surface area contributed by atoms with Crippen molar-refractivity contribution in [3.63, 3.8) is 0 Å². The summed E-state index contributed by atoms with van der Waals surface area (Å²) < 4.78 is 10.6. The highest BCUT2D eigenvalue weighted by Crippen LogP contribution is 2.23. The lowest BCUT2D eigenvalue weighted by Gasteiger charge is -1.90. The highest BCUT2D eigenvalue weighted by Gasteiger charge is 2.13. The highest BCUT2D eigenvalue weighted by molar-refractivity contribution is 5.57. The first-order valence-electron chi connectivity index (χ1n) is 5.55. The van der Waals surface area contributed by atoms with Crippen molar-refractivity contribution >= 4 is 0 Å². The number of furan rings is 1. The second-order valence-corrected chi connectivity index (χ2v) is 3.76. The molecule has 3 aromatic rings. The van der Waals surface area contributed by atoms with Gasteiger partial charge in [0.2, 0.25) is 5.82 Å². The van der Waals surface area contributed by atoms with Crippen LogP contribution in [0, 0.1) is 0 Å². The number of nitrogens with two attached hydrogens (primary N) is 1. The van der Waals surface area contributed by atoms with Gasteiger partial charge in [0.15, 0.2) is 5.76 Å². The summed E-state index contributed by atoms with van der Waals surface area (Å²) in [6, 6.07) is 13.2. The zero-order valence-corrected chi connectivity index (χ0v) is 9.54. The smallest absolute Gasteiger partial charge is 0.293 e. The zero-order valence-electron chi connectivity index (χ0n) is 9.54. The molecule has 2 heterocycles. The van der Waals surface area contributed by atoms with Gasteiger partial charge in [-0.2, -0.15) is 4.98 Å². The number of nitrogens with zero attached hydrogens (tertiary/aromatic N) is 2.